The van der Waals surface area contributed by atoms with Gasteiger partial charge < -0.3 is 4.57 Å². The molecule has 0 N–H and O–H groups in total. The van der Waals surface area contributed by atoms with Crippen molar-refractivity contribution in [2.75, 3.05) is 0 Å². The number of carbonyl (C=O) groups is 1. The minimum Gasteiger partial charge on any atom is -0.325 e. The number of rotatable bonds is 7. The lowest BCUT2D eigenvalue weighted by molar-refractivity contribution is -0.117. The van der Waals surface area contributed by atoms with Crippen LogP contribution in [0.1, 0.15) is 32.8 Å². The van der Waals surface area contributed by atoms with E-state index in [-0.39, 0.29) is 18.9 Å². The molecule has 0 amide bonds. The lowest BCUT2D eigenvalue weighted by Gasteiger charge is -2.12. The van der Waals surface area contributed by atoms with Gasteiger partial charge in [0.25, 0.3) is 5.56 Å². The molecule has 0 saturated carbocycles. The second-order valence-electron chi connectivity index (χ2n) is 7.24. The quantitative estimate of drug-likeness (QED) is 0.639. The van der Waals surface area contributed by atoms with E-state index in [9.17, 15) is 14.4 Å². The molecule has 3 aromatic rings. The van der Waals surface area contributed by atoms with Crippen LogP contribution in [0.15, 0.2) is 46.2 Å². The number of Topliss-reactive ketones (excluding diaryl/α,β-unsaturated/α-hetero) is 1. The Hall–Kier alpha value is -2.96. The van der Waals surface area contributed by atoms with E-state index in [1.165, 1.54) is 11.5 Å². The third-order valence-corrected chi connectivity index (χ3v) is 4.50. The van der Waals surface area contributed by atoms with Gasteiger partial charge in [-0.15, -0.1) is 0 Å². The summed E-state index contributed by atoms with van der Waals surface area (Å²) in [5, 5.41) is 0. The first kappa shape index (κ1) is 18.8. The van der Waals surface area contributed by atoms with E-state index in [1.54, 1.807) is 10.9 Å². The van der Waals surface area contributed by atoms with Crippen molar-refractivity contribution in [3.05, 3.63) is 63.1 Å². The fourth-order valence-corrected chi connectivity index (χ4v) is 3.08. The standard InChI is InChI=1S/C20H24N4O3/c1-14(2)9-10-22-13-21-18-17(22)19(26)24(11-15(3)25)20(27)23(18)12-16-7-5-4-6-8-16/h4-8,13-14H,9-12H2,1-3H3. The molecule has 0 radical (unpaired) electrons. The van der Waals surface area contributed by atoms with Crippen molar-refractivity contribution in [2.24, 2.45) is 5.92 Å². The Morgan fingerprint density at radius 2 is 1.81 bits per heavy atom. The van der Waals surface area contributed by atoms with Gasteiger partial charge in [0.15, 0.2) is 11.2 Å². The SMILES string of the molecule is CC(=O)Cn1c(=O)c2c(ncn2CCC(C)C)n(Cc2ccccc2)c1=O. The number of carbonyl (C=O) groups excluding carboxylic acids is 1. The zero-order valence-electron chi connectivity index (χ0n) is 15.9. The van der Waals surface area contributed by atoms with E-state index in [0.717, 1.165) is 16.6 Å². The van der Waals surface area contributed by atoms with Crippen LogP contribution in [0, 0.1) is 5.92 Å². The smallest absolute Gasteiger partial charge is 0.325 e. The number of aromatic nitrogens is 4. The average molecular weight is 368 g/mol. The van der Waals surface area contributed by atoms with Crippen molar-refractivity contribution in [2.45, 2.75) is 46.8 Å². The molecule has 0 aliphatic heterocycles. The molecule has 0 aliphatic carbocycles. The van der Waals surface area contributed by atoms with Crippen molar-refractivity contribution in [3.63, 3.8) is 0 Å². The van der Waals surface area contributed by atoms with Crippen molar-refractivity contribution < 1.29 is 4.79 Å². The number of nitrogens with zero attached hydrogens (tertiary/aromatic N) is 4. The summed E-state index contributed by atoms with van der Waals surface area (Å²) in [6, 6.07) is 9.51. The van der Waals surface area contributed by atoms with Gasteiger partial charge in [0.1, 0.15) is 5.78 Å². The van der Waals surface area contributed by atoms with Crippen LogP contribution in [0.4, 0.5) is 0 Å². The number of hydrogen-bond acceptors (Lipinski definition) is 4. The van der Waals surface area contributed by atoms with Crippen molar-refractivity contribution >= 4 is 16.9 Å². The topological polar surface area (TPSA) is 78.9 Å². The Morgan fingerprint density at radius 3 is 2.44 bits per heavy atom. The van der Waals surface area contributed by atoms with Crippen molar-refractivity contribution in [1.82, 2.24) is 18.7 Å². The first-order valence-corrected chi connectivity index (χ1v) is 9.10. The molecule has 0 aliphatic rings. The Balaban J connectivity index is 2.22. The monoisotopic (exact) mass is 368 g/mol. The summed E-state index contributed by atoms with van der Waals surface area (Å²) >= 11 is 0. The summed E-state index contributed by atoms with van der Waals surface area (Å²) in [5.41, 5.74) is 0.673. The molecule has 0 fully saturated rings. The van der Waals surface area contributed by atoms with E-state index in [0.29, 0.717) is 23.6 Å². The molecule has 0 atom stereocenters. The van der Waals surface area contributed by atoms with Crippen LogP contribution >= 0.6 is 0 Å². The molecule has 0 unspecified atom stereocenters. The van der Waals surface area contributed by atoms with Gasteiger partial charge in [-0.05, 0) is 24.8 Å². The summed E-state index contributed by atoms with van der Waals surface area (Å²) in [4.78, 5) is 41.9. The number of fused-ring (bicyclic) bond motifs is 1. The van der Waals surface area contributed by atoms with Gasteiger partial charge in [-0.3, -0.25) is 18.7 Å². The van der Waals surface area contributed by atoms with Gasteiger partial charge in [0.05, 0.1) is 19.4 Å². The van der Waals surface area contributed by atoms with Gasteiger partial charge in [-0.2, -0.15) is 0 Å². The number of aryl methyl sites for hydroxylation is 1. The number of ketones is 1. The first-order valence-electron chi connectivity index (χ1n) is 9.10. The van der Waals surface area contributed by atoms with E-state index < -0.39 is 11.2 Å². The lowest BCUT2D eigenvalue weighted by Crippen LogP contribution is -2.42. The molecule has 2 aromatic heterocycles. The minimum atomic E-state index is -0.513. The zero-order valence-corrected chi connectivity index (χ0v) is 15.9. The predicted molar refractivity (Wildman–Crippen MR) is 104 cm³/mol. The van der Waals surface area contributed by atoms with Gasteiger partial charge in [-0.1, -0.05) is 44.2 Å². The number of benzene rings is 1. The molecule has 7 heteroatoms. The van der Waals surface area contributed by atoms with E-state index >= 15 is 0 Å². The maximum absolute atomic E-state index is 13.0. The summed E-state index contributed by atoms with van der Waals surface area (Å²) in [5.74, 6) is 0.227. The Bertz CT molecular complexity index is 1070. The third kappa shape index (κ3) is 3.92. The summed E-state index contributed by atoms with van der Waals surface area (Å²) in [6.45, 7) is 6.27. The number of imidazole rings is 1. The lowest BCUT2D eigenvalue weighted by atomic mass is 10.1. The predicted octanol–water partition coefficient (Wildman–Crippen LogP) is 2.04. The molecule has 0 bridgehead atoms. The molecule has 142 valence electrons. The maximum Gasteiger partial charge on any atom is 0.333 e. The third-order valence-electron chi connectivity index (χ3n) is 4.50. The van der Waals surface area contributed by atoms with Gasteiger partial charge in [0, 0.05) is 6.54 Å². The average Bonchev–Trinajstić information content (AvgIpc) is 3.05. The van der Waals surface area contributed by atoms with E-state index in [2.05, 4.69) is 18.8 Å². The van der Waals surface area contributed by atoms with Crippen molar-refractivity contribution in [3.8, 4) is 0 Å². The number of hydrogen-bond donors (Lipinski definition) is 0. The normalized spacial score (nSPS) is 11.4. The summed E-state index contributed by atoms with van der Waals surface area (Å²) in [6.07, 6.45) is 2.49. The Kier molecular flexibility index (Phi) is 5.39. The molecule has 7 nitrogen and oxygen atoms in total. The summed E-state index contributed by atoms with van der Waals surface area (Å²) < 4.78 is 4.28. The van der Waals surface area contributed by atoms with Crippen LogP contribution in [-0.4, -0.2) is 24.5 Å². The second kappa shape index (κ2) is 7.73. The molecule has 1 aromatic carbocycles. The van der Waals surface area contributed by atoms with Crippen LogP contribution in [0.25, 0.3) is 11.2 Å². The fraction of sp³-hybridized carbons (Fsp3) is 0.400. The largest absolute Gasteiger partial charge is 0.333 e. The molecule has 0 saturated heterocycles. The molecule has 2 heterocycles. The Labute approximate surface area is 156 Å². The van der Waals surface area contributed by atoms with Gasteiger partial charge in [-0.25, -0.2) is 9.78 Å². The fourth-order valence-electron chi connectivity index (χ4n) is 3.08. The van der Waals surface area contributed by atoms with Crippen LogP contribution in [0.3, 0.4) is 0 Å². The van der Waals surface area contributed by atoms with Crippen LogP contribution in [0.2, 0.25) is 0 Å². The first-order chi connectivity index (χ1) is 12.9. The zero-order chi connectivity index (χ0) is 19.6. The van der Waals surface area contributed by atoms with Crippen LogP contribution in [0.5, 0.6) is 0 Å². The highest BCUT2D eigenvalue weighted by Gasteiger charge is 2.19. The highest BCUT2D eigenvalue weighted by Crippen LogP contribution is 2.12. The Morgan fingerprint density at radius 1 is 1.11 bits per heavy atom. The molecular weight excluding hydrogens is 344 g/mol. The molecule has 0 spiro atoms. The van der Waals surface area contributed by atoms with E-state index in [1.807, 2.05) is 30.3 Å². The highest BCUT2D eigenvalue weighted by molar-refractivity contribution is 5.76. The van der Waals surface area contributed by atoms with Crippen molar-refractivity contribution in [1.29, 1.82) is 0 Å². The highest BCUT2D eigenvalue weighted by atomic mass is 16.2. The molecule has 27 heavy (non-hydrogen) atoms. The van der Waals surface area contributed by atoms with Gasteiger partial charge in [0.2, 0.25) is 0 Å². The summed E-state index contributed by atoms with van der Waals surface area (Å²) in [7, 11) is 0. The second-order valence-corrected chi connectivity index (χ2v) is 7.24. The molecule has 3 rings (SSSR count). The minimum absolute atomic E-state index is 0.238. The van der Waals surface area contributed by atoms with Crippen LogP contribution in [-0.2, 0) is 24.4 Å². The molecular formula is C20H24N4O3. The van der Waals surface area contributed by atoms with Gasteiger partial charge >= 0.3 is 5.69 Å². The maximum atomic E-state index is 13.0. The van der Waals surface area contributed by atoms with E-state index in [4.69, 9.17) is 0 Å². The van der Waals surface area contributed by atoms with Crippen LogP contribution < -0.4 is 11.2 Å².